The van der Waals surface area contributed by atoms with Crippen LogP contribution in [-0.4, -0.2) is 63.7 Å². The Balaban J connectivity index is 0.00000364. The van der Waals surface area contributed by atoms with E-state index in [1.54, 1.807) is 0 Å². The van der Waals surface area contributed by atoms with E-state index >= 15 is 0 Å². The van der Waals surface area contributed by atoms with Gasteiger partial charge in [-0.25, -0.2) is 0 Å². The van der Waals surface area contributed by atoms with Crippen molar-refractivity contribution >= 4 is 41.6 Å². The molecule has 1 aliphatic rings. The molecule has 0 spiro atoms. The van der Waals surface area contributed by atoms with E-state index in [0.29, 0.717) is 6.61 Å². The molecule has 0 aromatic heterocycles. The number of ether oxygens (including phenoxy) is 1. The number of nitrogens with one attached hydrogen (secondary N) is 1. The fourth-order valence-corrected chi connectivity index (χ4v) is 3.25. The lowest BCUT2D eigenvalue weighted by Crippen LogP contribution is -2.47. The van der Waals surface area contributed by atoms with Gasteiger partial charge in [0.05, 0.1) is 12.5 Å². The maximum absolute atomic E-state index is 11.8. The molecule has 1 fully saturated rings. The molecule has 7 heteroatoms. The molecule has 1 aromatic rings. The monoisotopic (exact) mass is 488 g/mol. The van der Waals surface area contributed by atoms with Crippen molar-refractivity contribution in [3.63, 3.8) is 0 Å². The number of halogens is 1. The number of anilines is 1. The Labute approximate surface area is 180 Å². The summed E-state index contributed by atoms with van der Waals surface area (Å²) in [5, 5.41) is 3.45. The summed E-state index contributed by atoms with van der Waals surface area (Å²) in [5.74, 6) is 0.901. The van der Waals surface area contributed by atoms with Gasteiger partial charge in [0.25, 0.3) is 0 Å². The van der Waals surface area contributed by atoms with Gasteiger partial charge >= 0.3 is 5.97 Å². The first-order valence-corrected chi connectivity index (χ1v) is 9.54. The predicted octanol–water partition coefficient (Wildman–Crippen LogP) is 2.98. The first-order chi connectivity index (χ1) is 12.7. The Kier molecular flexibility index (Phi) is 11.2. The van der Waals surface area contributed by atoms with E-state index in [-0.39, 0.29) is 35.9 Å². The number of esters is 1. The molecule has 0 bridgehead atoms. The van der Waals surface area contributed by atoms with Crippen LogP contribution in [-0.2, 0) is 9.53 Å². The SMILES string of the molecule is CCOC(=O)C1CCN(C(=NC)NCCCN(C)c2ccccc2)CC1.I. The van der Waals surface area contributed by atoms with E-state index in [2.05, 4.69) is 51.4 Å². The van der Waals surface area contributed by atoms with Crippen molar-refractivity contribution in [2.24, 2.45) is 10.9 Å². The molecule has 1 N–H and O–H groups in total. The first kappa shape index (κ1) is 23.5. The number of carbonyl (C=O) groups is 1. The standard InChI is InChI=1S/C20H32N4O2.HI/c1-4-26-19(25)17-11-15-24(16-12-17)20(21-2)22-13-8-14-23(3)18-9-6-5-7-10-18;/h5-7,9-10,17H,4,8,11-16H2,1-3H3,(H,21,22);1H. The van der Waals surface area contributed by atoms with Crippen molar-refractivity contribution in [1.29, 1.82) is 0 Å². The lowest BCUT2D eigenvalue weighted by atomic mass is 9.97. The van der Waals surface area contributed by atoms with Gasteiger partial charge in [-0.15, -0.1) is 24.0 Å². The highest BCUT2D eigenvalue weighted by Crippen LogP contribution is 2.18. The molecule has 2 rings (SSSR count). The minimum Gasteiger partial charge on any atom is -0.466 e. The molecule has 1 aromatic carbocycles. The van der Waals surface area contributed by atoms with Gasteiger partial charge in [-0.2, -0.15) is 0 Å². The van der Waals surface area contributed by atoms with Crippen LogP contribution in [0.25, 0.3) is 0 Å². The van der Waals surface area contributed by atoms with Crippen molar-refractivity contribution in [2.45, 2.75) is 26.2 Å². The molecule has 6 nitrogen and oxygen atoms in total. The van der Waals surface area contributed by atoms with Gasteiger partial charge in [0, 0.05) is 46.0 Å². The van der Waals surface area contributed by atoms with Crippen molar-refractivity contribution < 1.29 is 9.53 Å². The molecule has 0 saturated carbocycles. The zero-order valence-corrected chi connectivity index (χ0v) is 19.0. The molecule has 1 saturated heterocycles. The van der Waals surface area contributed by atoms with Gasteiger partial charge in [0.1, 0.15) is 0 Å². The van der Waals surface area contributed by atoms with Crippen LogP contribution in [0.1, 0.15) is 26.2 Å². The van der Waals surface area contributed by atoms with E-state index in [1.165, 1.54) is 5.69 Å². The lowest BCUT2D eigenvalue weighted by Gasteiger charge is -2.33. The molecule has 0 atom stereocenters. The van der Waals surface area contributed by atoms with Crippen LogP contribution >= 0.6 is 24.0 Å². The van der Waals surface area contributed by atoms with Crippen LogP contribution in [0.2, 0.25) is 0 Å². The Bertz CT molecular complexity index is 575. The number of rotatable bonds is 7. The fourth-order valence-electron chi connectivity index (χ4n) is 3.25. The van der Waals surface area contributed by atoms with Gasteiger partial charge in [0.15, 0.2) is 5.96 Å². The molecule has 0 unspecified atom stereocenters. The largest absolute Gasteiger partial charge is 0.466 e. The highest BCUT2D eigenvalue weighted by molar-refractivity contribution is 14.0. The van der Waals surface area contributed by atoms with Gasteiger partial charge in [0.2, 0.25) is 0 Å². The summed E-state index contributed by atoms with van der Waals surface area (Å²) in [6, 6.07) is 10.4. The first-order valence-electron chi connectivity index (χ1n) is 9.54. The van der Waals surface area contributed by atoms with Gasteiger partial charge < -0.3 is 19.9 Å². The highest BCUT2D eigenvalue weighted by Gasteiger charge is 2.27. The summed E-state index contributed by atoms with van der Waals surface area (Å²) >= 11 is 0. The van der Waals surface area contributed by atoms with Crippen LogP contribution in [0.15, 0.2) is 35.3 Å². The van der Waals surface area contributed by atoms with Gasteiger partial charge in [-0.3, -0.25) is 9.79 Å². The van der Waals surface area contributed by atoms with Gasteiger partial charge in [-0.05, 0) is 38.3 Å². The second-order valence-corrected chi connectivity index (χ2v) is 6.60. The highest BCUT2D eigenvalue weighted by atomic mass is 127. The number of hydrogen-bond donors (Lipinski definition) is 1. The number of likely N-dealkylation sites (tertiary alicyclic amines) is 1. The summed E-state index contributed by atoms with van der Waals surface area (Å²) in [6.45, 7) is 5.86. The molecule has 27 heavy (non-hydrogen) atoms. The van der Waals surface area contributed by atoms with Crippen LogP contribution in [0, 0.1) is 5.92 Å². The maximum atomic E-state index is 11.8. The molecule has 0 radical (unpaired) electrons. The third-order valence-corrected chi connectivity index (χ3v) is 4.78. The minimum atomic E-state index is -0.0564. The predicted molar refractivity (Wildman–Crippen MR) is 122 cm³/mol. The van der Waals surface area contributed by atoms with E-state index in [1.807, 2.05) is 20.0 Å². The smallest absolute Gasteiger partial charge is 0.309 e. The number of guanidine groups is 1. The number of benzene rings is 1. The van der Waals surface area contributed by atoms with E-state index in [9.17, 15) is 4.79 Å². The molecule has 0 aliphatic carbocycles. The number of piperidine rings is 1. The zero-order chi connectivity index (χ0) is 18.8. The summed E-state index contributed by atoms with van der Waals surface area (Å²) in [4.78, 5) is 20.7. The van der Waals surface area contributed by atoms with Crippen LogP contribution < -0.4 is 10.2 Å². The van der Waals surface area contributed by atoms with Crippen molar-refractivity contribution in [3.8, 4) is 0 Å². The lowest BCUT2D eigenvalue weighted by molar-refractivity contribution is -0.149. The molecule has 1 aliphatic heterocycles. The number of para-hydroxylation sites is 1. The van der Waals surface area contributed by atoms with Gasteiger partial charge in [-0.1, -0.05) is 18.2 Å². The Morgan fingerprint density at radius 1 is 1.30 bits per heavy atom. The summed E-state index contributed by atoms with van der Waals surface area (Å²) in [5.41, 5.74) is 1.23. The summed E-state index contributed by atoms with van der Waals surface area (Å²) < 4.78 is 5.13. The number of carbonyl (C=O) groups excluding carboxylic acids is 1. The van der Waals surface area contributed by atoms with Crippen molar-refractivity contribution in [1.82, 2.24) is 10.2 Å². The average Bonchev–Trinajstić information content (AvgIpc) is 2.69. The topological polar surface area (TPSA) is 57.2 Å². The molecular formula is C20H33IN4O2. The van der Waals surface area contributed by atoms with Crippen molar-refractivity contribution in [2.75, 3.05) is 51.8 Å². The number of aliphatic imine (C=N–C) groups is 1. The van der Waals surface area contributed by atoms with E-state index in [4.69, 9.17) is 4.74 Å². The molecular weight excluding hydrogens is 455 g/mol. The third kappa shape index (κ3) is 7.56. The number of hydrogen-bond acceptors (Lipinski definition) is 4. The van der Waals surface area contributed by atoms with Crippen molar-refractivity contribution in [3.05, 3.63) is 30.3 Å². The zero-order valence-electron chi connectivity index (χ0n) is 16.7. The molecule has 152 valence electrons. The van der Waals surface area contributed by atoms with Crippen LogP contribution in [0.3, 0.4) is 0 Å². The Morgan fingerprint density at radius 3 is 2.56 bits per heavy atom. The summed E-state index contributed by atoms with van der Waals surface area (Å²) in [6.07, 6.45) is 2.69. The minimum absolute atomic E-state index is 0. The quantitative estimate of drug-likeness (QED) is 0.210. The third-order valence-electron chi connectivity index (χ3n) is 4.78. The second kappa shape index (κ2) is 12.8. The number of nitrogens with zero attached hydrogens (tertiary/aromatic N) is 3. The van der Waals surface area contributed by atoms with E-state index < -0.39 is 0 Å². The maximum Gasteiger partial charge on any atom is 0.309 e. The van der Waals surface area contributed by atoms with Crippen LogP contribution in [0.4, 0.5) is 5.69 Å². The Morgan fingerprint density at radius 2 is 1.96 bits per heavy atom. The van der Waals surface area contributed by atoms with E-state index in [0.717, 1.165) is 51.4 Å². The Hall–Kier alpha value is -1.51. The second-order valence-electron chi connectivity index (χ2n) is 6.60. The average molecular weight is 488 g/mol. The molecule has 0 amide bonds. The summed E-state index contributed by atoms with van der Waals surface area (Å²) in [7, 11) is 3.93. The molecule has 1 heterocycles. The normalized spacial score (nSPS) is 15.1. The fraction of sp³-hybridized carbons (Fsp3) is 0.600. The van der Waals surface area contributed by atoms with Crippen LogP contribution in [0.5, 0.6) is 0 Å².